The van der Waals surface area contributed by atoms with Crippen LogP contribution in [0.5, 0.6) is 0 Å². The van der Waals surface area contributed by atoms with Gasteiger partial charge in [-0.1, -0.05) is 44.5 Å². The van der Waals surface area contributed by atoms with E-state index in [0.29, 0.717) is 16.7 Å². The van der Waals surface area contributed by atoms with E-state index in [9.17, 15) is 4.89 Å². The van der Waals surface area contributed by atoms with Gasteiger partial charge in [-0.25, -0.2) is 15.0 Å². The first-order valence-electron chi connectivity index (χ1n) is 8.71. The molecule has 0 radical (unpaired) electrons. The van der Waals surface area contributed by atoms with Crippen LogP contribution in [-0.4, -0.2) is 33.6 Å². The molecular weight excluding hydrogens is 413 g/mol. The number of aromatic nitrogens is 3. The first-order valence-corrected chi connectivity index (χ1v) is 11.6. The molecule has 3 rings (SSSR count). The molecule has 0 saturated heterocycles. The lowest BCUT2D eigenvalue weighted by molar-refractivity contribution is 0.586. The summed E-state index contributed by atoms with van der Waals surface area (Å²) in [6.07, 6.45) is 1.73. The van der Waals surface area contributed by atoms with E-state index >= 15 is 0 Å². The third kappa shape index (κ3) is 4.44. The Hall–Kier alpha value is -1.79. The molecule has 0 aliphatic heterocycles. The number of anilines is 2. The molecule has 3 N–H and O–H groups in total. The zero-order chi connectivity index (χ0) is 20.5. The number of benzene rings is 1. The highest BCUT2D eigenvalue weighted by molar-refractivity contribution is 7.52. The van der Waals surface area contributed by atoms with Crippen LogP contribution in [0.1, 0.15) is 25.8 Å². The first-order chi connectivity index (χ1) is 13.2. The van der Waals surface area contributed by atoms with Crippen LogP contribution in [0.2, 0.25) is 5.02 Å². The van der Waals surface area contributed by atoms with Crippen LogP contribution >= 0.6 is 31.2 Å². The predicted octanol–water partition coefficient (Wildman–Crippen LogP) is 5.61. The van der Waals surface area contributed by atoms with Gasteiger partial charge >= 0.3 is 0 Å². The maximum Gasteiger partial charge on any atom is 0.222 e. The molecule has 0 bridgehead atoms. The average Bonchev–Trinajstić information content (AvgIpc) is 3.09. The van der Waals surface area contributed by atoms with Crippen LogP contribution in [0, 0.1) is 0 Å². The van der Waals surface area contributed by atoms with Gasteiger partial charge in [-0.2, -0.15) is 0 Å². The Labute approximate surface area is 175 Å². The minimum Gasteiger partial charge on any atom is -0.357 e. The van der Waals surface area contributed by atoms with Gasteiger partial charge in [0.25, 0.3) is 0 Å². The summed E-state index contributed by atoms with van der Waals surface area (Å²) >= 11 is 8.29. The van der Waals surface area contributed by atoms with Crippen molar-refractivity contribution in [3.8, 4) is 21.8 Å². The van der Waals surface area contributed by atoms with Gasteiger partial charge in [-0.05, 0) is 18.8 Å². The second-order valence-electron chi connectivity index (χ2n) is 7.26. The number of thiazole rings is 1. The van der Waals surface area contributed by atoms with Gasteiger partial charge in [0, 0.05) is 24.2 Å². The topological polar surface area (TPSA) is 83.0 Å². The fourth-order valence-corrected chi connectivity index (χ4v) is 4.55. The van der Waals surface area contributed by atoms with Crippen molar-refractivity contribution in [3.05, 3.63) is 40.5 Å². The highest BCUT2D eigenvalue weighted by atomic mass is 35.5. The predicted molar refractivity (Wildman–Crippen MR) is 121 cm³/mol. The van der Waals surface area contributed by atoms with Crippen molar-refractivity contribution < 1.29 is 4.89 Å². The summed E-state index contributed by atoms with van der Waals surface area (Å²) in [7, 11) is 0.462. The molecule has 0 fully saturated rings. The Morgan fingerprint density at radius 2 is 1.93 bits per heavy atom. The minimum absolute atomic E-state index is 0.109. The second-order valence-corrected chi connectivity index (χ2v) is 9.91. The highest BCUT2D eigenvalue weighted by Crippen LogP contribution is 2.44. The van der Waals surface area contributed by atoms with Crippen LogP contribution in [0.15, 0.2) is 30.5 Å². The Morgan fingerprint density at radius 1 is 1.18 bits per heavy atom. The fraction of sp³-hybridized carbons (Fsp3) is 0.316. The average molecular weight is 436 g/mol. The summed E-state index contributed by atoms with van der Waals surface area (Å²) in [5.74, 6) is 0.549. The van der Waals surface area contributed by atoms with Gasteiger partial charge in [0.2, 0.25) is 5.95 Å². The van der Waals surface area contributed by atoms with Crippen molar-refractivity contribution in [3.63, 3.8) is 0 Å². The van der Waals surface area contributed by atoms with Crippen molar-refractivity contribution in [2.75, 3.05) is 24.1 Å². The standard InChI is InChI=1S/C19H23ClN5OPS/c1-19(2,3)17-24-15(11-7-6-8-12(14(11)20)25-27(5)26)16(28-17)13-9-10-22-18(21-4)23-13/h6-10,25-26H,1-5H3,(H,21,22,23). The van der Waals surface area contributed by atoms with Gasteiger partial charge in [0.05, 0.1) is 32.0 Å². The summed E-state index contributed by atoms with van der Waals surface area (Å²) in [6.45, 7) is 8.11. The molecule has 0 saturated carbocycles. The zero-order valence-electron chi connectivity index (χ0n) is 16.4. The van der Waals surface area contributed by atoms with E-state index in [1.165, 1.54) is 0 Å². The minimum atomic E-state index is -1.33. The molecule has 2 heterocycles. The van der Waals surface area contributed by atoms with Crippen LogP contribution in [0.3, 0.4) is 0 Å². The molecule has 0 aliphatic rings. The number of hydrogen-bond acceptors (Lipinski definition) is 7. The van der Waals surface area contributed by atoms with E-state index in [4.69, 9.17) is 16.6 Å². The van der Waals surface area contributed by atoms with Gasteiger partial charge < -0.3 is 15.3 Å². The highest BCUT2D eigenvalue weighted by Gasteiger charge is 2.25. The number of nitrogens with one attached hydrogen (secondary N) is 2. The molecular formula is C19H23ClN5OPS. The van der Waals surface area contributed by atoms with Crippen molar-refractivity contribution >= 4 is 42.9 Å². The molecule has 28 heavy (non-hydrogen) atoms. The Morgan fingerprint density at radius 3 is 2.57 bits per heavy atom. The molecule has 1 aromatic carbocycles. The summed E-state index contributed by atoms with van der Waals surface area (Å²) < 4.78 is 0. The molecule has 3 aromatic rings. The van der Waals surface area contributed by atoms with E-state index in [2.05, 4.69) is 41.1 Å². The van der Waals surface area contributed by atoms with Crippen LogP contribution in [-0.2, 0) is 5.41 Å². The monoisotopic (exact) mass is 435 g/mol. The lowest BCUT2D eigenvalue weighted by atomic mass is 9.98. The smallest absolute Gasteiger partial charge is 0.222 e. The third-order valence-corrected chi connectivity index (χ3v) is 6.39. The van der Waals surface area contributed by atoms with Crippen LogP contribution in [0.25, 0.3) is 21.8 Å². The quantitative estimate of drug-likeness (QED) is 0.452. The third-order valence-electron chi connectivity index (χ3n) is 3.92. The summed E-state index contributed by atoms with van der Waals surface area (Å²) in [6, 6.07) is 7.57. The SMILES string of the molecule is CNc1nccc(-c2sc(C(C)(C)C)nc2-c2cccc(NP(C)O)c2Cl)n1. The number of nitrogens with zero attached hydrogens (tertiary/aromatic N) is 3. The molecule has 0 aliphatic carbocycles. The van der Waals surface area contributed by atoms with E-state index < -0.39 is 8.30 Å². The number of halogens is 1. The lowest BCUT2D eigenvalue weighted by Gasteiger charge is -2.14. The van der Waals surface area contributed by atoms with E-state index in [-0.39, 0.29) is 5.41 Å². The fourth-order valence-electron chi connectivity index (χ4n) is 2.58. The van der Waals surface area contributed by atoms with E-state index in [0.717, 1.165) is 26.8 Å². The Bertz CT molecular complexity index is 987. The summed E-state index contributed by atoms with van der Waals surface area (Å²) in [4.78, 5) is 24.4. The Kier molecular flexibility index (Phi) is 6.20. The molecule has 9 heteroatoms. The van der Waals surface area contributed by atoms with Gasteiger partial charge in [0.1, 0.15) is 8.30 Å². The van der Waals surface area contributed by atoms with E-state index in [1.54, 1.807) is 31.2 Å². The van der Waals surface area contributed by atoms with Crippen molar-refractivity contribution in [1.82, 2.24) is 15.0 Å². The van der Waals surface area contributed by atoms with Crippen LogP contribution in [0.4, 0.5) is 11.6 Å². The number of hydrogen-bond donors (Lipinski definition) is 3. The van der Waals surface area contributed by atoms with Crippen LogP contribution < -0.4 is 10.4 Å². The Balaban J connectivity index is 2.22. The summed E-state index contributed by atoms with van der Waals surface area (Å²) in [5.41, 5.74) is 2.95. The zero-order valence-corrected chi connectivity index (χ0v) is 18.9. The maximum atomic E-state index is 9.75. The molecule has 148 valence electrons. The van der Waals surface area contributed by atoms with Gasteiger partial charge in [0.15, 0.2) is 0 Å². The maximum absolute atomic E-state index is 9.75. The van der Waals surface area contributed by atoms with Crippen molar-refractivity contribution in [2.24, 2.45) is 0 Å². The molecule has 6 nitrogen and oxygen atoms in total. The first kappa shape index (κ1) is 20.9. The largest absolute Gasteiger partial charge is 0.357 e. The van der Waals surface area contributed by atoms with Gasteiger partial charge in [-0.15, -0.1) is 11.3 Å². The van der Waals surface area contributed by atoms with Crippen molar-refractivity contribution in [2.45, 2.75) is 26.2 Å². The van der Waals surface area contributed by atoms with Crippen molar-refractivity contribution in [1.29, 1.82) is 0 Å². The lowest BCUT2D eigenvalue weighted by Crippen LogP contribution is -2.10. The molecule has 1 unspecified atom stereocenters. The van der Waals surface area contributed by atoms with E-state index in [1.807, 2.05) is 24.3 Å². The molecule has 1 atom stereocenters. The molecule has 0 spiro atoms. The van der Waals surface area contributed by atoms with Gasteiger partial charge in [-0.3, -0.25) is 0 Å². The normalized spacial score (nSPS) is 12.7. The molecule has 2 aromatic heterocycles. The summed E-state index contributed by atoms with van der Waals surface area (Å²) in [5, 5.41) is 7.53. The number of rotatable bonds is 5. The second kappa shape index (κ2) is 8.29. The molecule has 0 amide bonds.